The minimum atomic E-state index is -5.03. The van der Waals surface area contributed by atoms with Crippen LogP contribution in [-0.4, -0.2) is 39.5 Å². The second-order valence-electron chi connectivity index (χ2n) is 5.47. The summed E-state index contributed by atoms with van der Waals surface area (Å²) in [5, 5.41) is 39.1. The second kappa shape index (κ2) is 7.51. The van der Waals surface area contributed by atoms with Crippen LogP contribution in [0.3, 0.4) is 0 Å². The van der Waals surface area contributed by atoms with E-state index in [2.05, 4.69) is 4.18 Å². The third-order valence-corrected chi connectivity index (χ3v) is 4.10. The monoisotopic (exact) mass is 392 g/mol. The Morgan fingerprint density at radius 1 is 1.08 bits per heavy atom. The number of aliphatic hydroxyl groups excluding tert-OH is 1. The molecule has 0 spiro atoms. The molecule has 0 aromatic heterocycles. The maximum absolute atomic E-state index is 10.7. The van der Waals surface area contributed by atoms with E-state index in [0.717, 1.165) is 12.1 Å². The molecular weight excluding hydrogens is 379 g/mol. The Balaban J connectivity index is 0.00000243. The van der Waals surface area contributed by atoms with E-state index in [9.17, 15) is 33.4 Å². The van der Waals surface area contributed by atoms with Crippen molar-refractivity contribution >= 4 is 10.4 Å². The third-order valence-electron chi connectivity index (χ3n) is 3.70. The van der Waals surface area contributed by atoms with E-state index in [4.69, 9.17) is 4.74 Å². The first-order valence-corrected chi connectivity index (χ1v) is 8.35. The van der Waals surface area contributed by atoms with Gasteiger partial charge in [-0.3, -0.25) is 0 Å². The molecule has 9 nitrogen and oxygen atoms in total. The molecular formula is C15H13NaO9S. The smallest absolute Gasteiger partial charge is 0.716 e. The molecule has 3 rings (SSSR count). The standard InChI is InChI=1S/C15H14O9S.Na/c16-10-2-1-7(3-12(10)18)15-13(19)6-9-11(17)4-8(5-14(9)23-15)24-25(20,21)22;/h1-5,13,15-19H,6H2,(H,20,21,22);/q;+1/p-1/t13-,15-;/m1./s1. The van der Waals surface area contributed by atoms with Crippen LogP contribution in [0.4, 0.5) is 0 Å². The Morgan fingerprint density at radius 3 is 2.38 bits per heavy atom. The third kappa shape index (κ3) is 4.34. The summed E-state index contributed by atoms with van der Waals surface area (Å²) in [7, 11) is -5.03. The Hall–Kier alpha value is -1.69. The number of fused-ring (bicyclic) bond motifs is 1. The molecule has 2 atom stereocenters. The molecule has 1 heterocycles. The fourth-order valence-electron chi connectivity index (χ4n) is 2.62. The number of rotatable bonds is 3. The maximum atomic E-state index is 10.7. The molecule has 26 heavy (non-hydrogen) atoms. The van der Waals surface area contributed by atoms with Crippen LogP contribution in [0.15, 0.2) is 30.3 Å². The van der Waals surface area contributed by atoms with Crippen LogP contribution < -0.4 is 38.5 Å². The summed E-state index contributed by atoms with van der Waals surface area (Å²) in [6.45, 7) is 0. The van der Waals surface area contributed by atoms with Gasteiger partial charge in [0, 0.05) is 24.1 Å². The normalized spacial score (nSPS) is 19.0. The minimum Gasteiger partial charge on any atom is -0.716 e. The number of aliphatic hydroxyl groups is 1. The average molecular weight is 392 g/mol. The summed E-state index contributed by atoms with van der Waals surface area (Å²) >= 11 is 0. The molecule has 1 aliphatic heterocycles. The largest absolute Gasteiger partial charge is 1.00 e. The van der Waals surface area contributed by atoms with Gasteiger partial charge >= 0.3 is 29.6 Å². The average Bonchev–Trinajstić information content (AvgIpc) is 2.49. The summed E-state index contributed by atoms with van der Waals surface area (Å²) in [5.74, 6) is -1.57. The number of hydrogen-bond donors (Lipinski definition) is 4. The second-order valence-corrected chi connectivity index (χ2v) is 6.45. The summed E-state index contributed by atoms with van der Waals surface area (Å²) in [6.07, 6.45) is -2.08. The molecule has 0 unspecified atom stereocenters. The molecule has 2 aromatic carbocycles. The Labute approximate surface area is 170 Å². The van der Waals surface area contributed by atoms with E-state index in [0.29, 0.717) is 5.56 Å². The van der Waals surface area contributed by atoms with Gasteiger partial charge in [-0.15, -0.1) is 0 Å². The Kier molecular flexibility index (Phi) is 5.95. The van der Waals surface area contributed by atoms with Crippen molar-refractivity contribution in [3.8, 4) is 28.7 Å². The zero-order valence-electron chi connectivity index (χ0n) is 13.5. The predicted molar refractivity (Wildman–Crippen MR) is 81.3 cm³/mol. The molecule has 1 aliphatic rings. The van der Waals surface area contributed by atoms with Crippen molar-refractivity contribution in [2.75, 3.05) is 0 Å². The molecule has 4 N–H and O–H groups in total. The van der Waals surface area contributed by atoms with Gasteiger partial charge in [-0.25, -0.2) is 8.42 Å². The number of phenolic OH excluding ortho intramolecular Hbond substituents is 3. The SMILES string of the molecule is O=S(=O)([O-])Oc1cc(O)c2c(c1)O[C@H](c1ccc(O)c(O)c1)[C@H](O)C2.[Na+]. The topological polar surface area (TPSA) is 157 Å². The zero-order chi connectivity index (χ0) is 18.4. The maximum Gasteiger partial charge on any atom is 1.00 e. The molecule has 0 radical (unpaired) electrons. The molecule has 0 amide bonds. The number of hydrogen-bond acceptors (Lipinski definition) is 9. The fraction of sp³-hybridized carbons (Fsp3) is 0.200. The summed E-state index contributed by atoms with van der Waals surface area (Å²) in [4.78, 5) is 0. The van der Waals surface area contributed by atoms with E-state index < -0.39 is 39.9 Å². The quantitative estimate of drug-likeness (QED) is 0.195. The van der Waals surface area contributed by atoms with E-state index in [-0.39, 0.29) is 53.0 Å². The van der Waals surface area contributed by atoms with Crippen molar-refractivity contribution in [3.63, 3.8) is 0 Å². The molecule has 0 aliphatic carbocycles. The van der Waals surface area contributed by atoms with Crippen LogP contribution in [0.1, 0.15) is 17.2 Å². The Morgan fingerprint density at radius 2 is 1.77 bits per heavy atom. The van der Waals surface area contributed by atoms with Crippen molar-refractivity contribution in [2.24, 2.45) is 0 Å². The molecule has 11 heteroatoms. The number of benzene rings is 2. The Bertz CT molecular complexity index is 929. The van der Waals surface area contributed by atoms with Crippen LogP contribution in [0, 0.1) is 0 Å². The van der Waals surface area contributed by atoms with E-state index in [1.807, 2.05) is 0 Å². The van der Waals surface area contributed by atoms with Gasteiger partial charge in [0.05, 0.1) is 6.10 Å². The van der Waals surface area contributed by atoms with Crippen molar-refractivity contribution < 1.29 is 71.9 Å². The van der Waals surface area contributed by atoms with E-state index in [1.54, 1.807) is 0 Å². The van der Waals surface area contributed by atoms with Crippen LogP contribution in [0.25, 0.3) is 0 Å². The van der Waals surface area contributed by atoms with Gasteiger partial charge in [0.2, 0.25) is 0 Å². The zero-order valence-corrected chi connectivity index (χ0v) is 16.3. The predicted octanol–water partition coefficient (Wildman–Crippen LogP) is -2.32. The number of ether oxygens (including phenoxy) is 1. The van der Waals surface area contributed by atoms with Crippen molar-refractivity contribution in [2.45, 2.75) is 18.6 Å². The summed E-state index contributed by atoms with van der Waals surface area (Å²) < 4.78 is 41.9. The molecule has 0 bridgehead atoms. The summed E-state index contributed by atoms with van der Waals surface area (Å²) in [6, 6.07) is 5.88. The summed E-state index contributed by atoms with van der Waals surface area (Å²) in [5.41, 5.74) is 0.554. The van der Waals surface area contributed by atoms with Gasteiger partial charge in [-0.05, 0) is 17.7 Å². The first kappa shape index (κ1) is 20.6. The fourth-order valence-corrected chi connectivity index (χ4v) is 2.95. The van der Waals surface area contributed by atoms with Gasteiger partial charge in [0.15, 0.2) is 11.5 Å². The number of phenols is 3. The number of aromatic hydroxyl groups is 3. The van der Waals surface area contributed by atoms with Crippen LogP contribution in [-0.2, 0) is 16.8 Å². The first-order chi connectivity index (χ1) is 11.6. The van der Waals surface area contributed by atoms with Gasteiger partial charge in [0.25, 0.3) is 10.4 Å². The van der Waals surface area contributed by atoms with Gasteiger partial charge in [-0.2, -0.15) is 0 Å². The molecule has 2 aromatic rings. The minimum absolute atomic E-state index is 0. The molecule has 134 valence electrons. The van der Waals surface area contributed by atoms with Crippen LogP contribution in [0.5, 0.6) is 28.7 Å². The molecule has 0 saturated carbocycles. The van der Waals surface area contributed by atoms with Crippen molar-refractivity contribution in [3.05, 3.63) is 41.5 Å². The van der Waals surface area contributed by atoms with Crippen LogP contribution in [0.2, 0.25) is 0 Å². The van der Waals surface area contributed by atoms with Crippen molar-refractivity contribution in [1.29, 1.82) is 0 Å². The molecule has 0 fully saturated rings. The van der Waals surface area contributed by atoms with Gasteiger partial charge in [-0.1, -0.05) is 6.07 Å². The van der Waals surface area contributed by atoms with Gasteiger partial charge in [0.1, 0.15) is 23.4 Å². The van der Waals surface area contributed by atoms with Crippen molar-refractivity contribution in [1.82, 2.24) is 0 Å². The first-order valence-electron chi connectivity index (χ1n) is 7.02. The van der Waals surface area contributed by atoms with Gasteiger partial charge < -0.3 is 33.9 Å². The van der Waals surface area contributed by atoms with E-state index >= 15 is 0 Å². The van der Waals surface area contributed by atoms with E-state index in [1.165, 1.54) is 18.2 Å². The molecule has 0 saturated heterocycles. The van der Waals surface area contributed by atoms with Crippen LogP contribution >= 0.6 is 0 Å².